The minimum absolute atomic E-state index is 0.399. The molecule has 1 aliphatic heterocycles. The Balaban J connectivity index is 2.34. The average molecular weight is 185 g/mol. The van der Waals surface area contributed by atoms with Crippen molar-refractivity contribution in [2.75, 3.05) is 19.6 Å². The first-order chi connectivity index (χ1) is 6.20. The second-order valence-corrected chi connectivity index (χ2v) is 4.35. The summed E-state index contributed by atoms with van der Waals surface area (Å²) in [6, 6.07) is 0. The molecule has 1 rings (SSSR count). The van der Waals surface area contributed by atoms with Crippen molar-refractivity contribution in [2.24, 2.45) is 0 Å². The largest absolute Gasteiger partial charge is 0.389 e. The van der Waals surface area contributed by atoms with Crippen LogP contribution in [0.2, 0.25) is 0 Å². The fourth-order valence-corrected chi connectivity index (χ4v) is 2.17. The molecule has 0 unspecified atom stereocenters. The number of nitrogens with zero attached hydrogens (tertiary/aromatic N) is 1. The highest BCUT2D eigenvalue weighted by Gasteiger charge is 2.29. The Morgan fingerprint density at radius 2 is 1.69 bits per heavy atom. The Hall–Kier alpha value is -0.0800. The highest BCUT2D eigenvalue weighted by molar-refractivity contribution is 4.84. The summed E-state index contributed by atoms with van der Waals surface area (Å²) in [5.41, 5.74) is -0.399. The zero-order valence-electron chi connectivity index (χ0n) is 9.05. The van der Waals surface area contributed by atoms with Gasteiger partial charge >= 0.3 is 0 Å². The van der Waals surface area contributed by atoms with Crippen LogP contribution in [-0.4, -0.2) is 35.2 Å². The summed E-state index contributed by atoms with van der Waals surface area (Å²) in [5, 5.41) is 10.3. The second kappa shape index (κ2) is 4.97. The molecule has 13 heavy (non-hydrogen) atoms. The Bertz CT molecular complexity index is 137. The van der Waals surface area contributed by atoms with Crippen LogP contribution in [0, 0.1) is 0 Å². The molecule has 0 aromatic rings. The van der Waals surface area contributed by atoms with Crippen LogP contribution in [0.5, 0.6) is 0 Å². The van der Waals surface area contributed by atoms with E-state index in [0.717, 1.165) is 32.2 Å². The predicted molar refractivity (Wildman–Crippen MR) is 55.8 cm³/mol. The van der Waals surface area contributed by atoms with Crippen molar-refractivity contribution >= 4 is 0 Å². The number of rotatable bonds is 6. The maximum absolute atomic E-state index is 10.3. The summed E-state index contributed by atoms with van der Waals surface area (Å²) in [6.07, 6.45) is 5.40. The molecule has 1 fully saturated rings. The van der Waals surface area contributed by atoms with Crippen LogP contribution in [0.1, 0.15) is 46.0 Å². The maximum Gasteiger partial charge on any atom is 0.0773 e. The lowest BCUT2D eigenvalue weighted by Crippen LogP contribution is -2.48. The van der Waals surface area contributed by atoms with Crippen LogP contribution in [0.3, 0.4) is 0 Å². The summed E-state index contributed by atoms with van der Waals surface area (Å²) in [6.45, 7) is 7.58. The van der Waals surface area contributed by atoms with Crippen molar-refractivity contribution < 1.29 is 5.11 Å². The third-order valence-electron chi connectivity index (χ3n) is 2.90. The monoisotopic (exact) mass is 185 g/mol. The number of β-amino-alcohol motifs (C(OH)–C–C–N with tert-alkyl or cyclic N) is 1. The molecule has 1 N–H and O–H groups in total. The molecule has 0 aliphatic carbocycles. The molecule has 2 nitrogen and oxygen atoms in total. The molecule has 0 bridgehead atoms. The minimum Gasteiger partial charge on any atom is -0.389 e. The van der Waals surface area contributed by atoms with Crippen LogP contribution in [0.25, 0.3) is 0 Å². The van der Waals surface area contributed by atoms with E-state index < -0.39 is 5.60 Å². The molecule has 0 saturated carbocycles. The molecule has 0 atom stereocenters. The van der Waals surface area contributed by atoms with Crippen molar-refractivity contribution in [1.82, 2.24) is 4.90 Å². The predicted octanol–water partition coefficient (Wildman–Crippen LogP) is 2.02. The van der Waals surface area contributed by atoms with Gasteiger partial charge in [0.15, 0.2) is 0 Å². The summed E-state index contributed by atoms with van der Waals surface area (Å²) in [4.78, 5) is 2.37. The summed E-state index contributed by atoms with van der Waals surface area (Å²) >= 11 is 0. The molecule has 0 spiro atoms. The van der Waals surface area contributed by atoms with E-state index >= 15 is 0 Å². The van der Waals surface area contributed by atoms with Crippen molar-refractivity contribution in [2.45, 2.75) is 51.6 Å². The van der Waals surface area contributed by atoms with Crippen LogP contribution in [0.4, 0.5) is 0 Å². The van der Waals surface area contributed by atoms with E-state index in [0.29, 0.717) is 0 Å². The number of hydrogen-bond donors (Lipinski definition) is 1. The lowest BCUT2D eigenvalue weighted by molar-refractivity contribution is -0.0270. The van der Waals surface area contributed by atoms with E-state index in [1.54, 1.807) is 0 Å². The molecule has 0 aromatic heterocycles. The van der Waals surface area contributed by atoms with Crippen molar-refractivity contribution in [3.8, 4) is 0 Å². The van der Waals surface area contributed by atoms with Gasteiger partial charge in [0, 0.05) is 6.54 Å². The van der Waals surface area contributed by atoms with Crippen molar-refractivity contribution in [3.63, 3.8) is 0 Å². The fraction of sp³-hybridized carbons (Fsp3) is 1.00. The third kappa shape index (κ3) is 3.28. The molecule has 78 valence electrons. The van der Waals surface area contributed by atoms with E-state index in [9.17, 15) is 5.11 Å². The van der Waals surface area contributed by atoms with Crippen LogP contribution in [-0.2, 0) is 0 Å². The Morgan fingerprint density at radius 3 is 2.00 bits per heavy atom. The van der Waals surface area contributed by atoms with Gasteiger partial charge in [0.25, 0.3) is 0 Å². The molecule has 2 heteroatoms. The van der Waals surface area contributed by atoms with Gasteiger partial charge in [-0.05, 0) is 32.4 Å². The first kappa shape index (κ1) is 11.0. The van der Waals surface area contributed by atoms with Gasteiger partial charge in [-0.3, -0.25) is 0 Å². The number of likely N-dealkylation sites (tertiary alicyclic amines) is 1. The van der Waals surface area contributed by atoms with Crippen LogP contribution in [0.15, 0.2) is 0 Å². The highest BCUT2D eigenvalue weighted by atomic mass is 16.3. The lowest BCUT2D eigenvalue weighted by Gasteiger charge is -2.39. The Morgan fingerprint density at radius 1 is 1.15 bits per heavy atom. The molecule has 1 aliphatic rings. The summed E-state index contributed by atoms with van der Waals surface area (Å²) in [7, 11) is 0. The van der Waals surface area contributed by atoms with E-state index in [2.05, 4.69) is 18.7 Å². The first-order valence-corrected chi connectivity index (χ1v) is 5.65. The van der Waals surface area contributed by atoms with E-state index in [1.807, 2.05) is 0 Å². The molecule has 0 amide bonds. The summed E-state index contributed by atoms with van der Waals surface area (Å²) in [5.74, 6) is 0. The first-order valence-electron chi connectivity index (χ1n) is 5.65. The van der Waals surface area contributed by atoms with E-state index in [1.165, 1.54) is 19.5 Å². The normalized spacial score (nSPS) is 18.7. The minimum atomic E-state index is -0.399. The van der Waals surface area contributed by atoms with E-state index in [-0.39, 0.29) is 0 Å². The van der Waals surface area contributed by atoms with Gasteiger partial charge in [-0.2, -0.15) is 0 Å². The zero-order chi connectivity index (χ0) is 9.73. The van der Waals surface area contributed by atoms with Gasteiger partial charge in [0.05, 0.1) is 5.60 Å². The van der Waals surface area contributed by atoms with Gasteiger partial charge in [-0.15, -0.1) is 0 Å². The molecule has 0 aromatic carbocycles. The topological polar surface area (TPSA) is 23.5 Å². The second-order valence-electron chi connectivity index (χ2n) is 4.35. The highest BCUT2D eigenvalue weighted by Crippen LogP contribution is 2.23. The SMILES string of the molecule is CCCC(O)(CCC)CN1CCC1. The van der Waals surface area contributed by atoms with Gasteiger partial charge in [0.2, 0.25) is 0 Å². The Kier molecular flexibility index (Phi) is 4.20. The number of aliphatic hydroxyl groups is 1. The van der Waals surface area contributed by atoms with Gasteiger partial charge in [-0.25, -0.2) is 0 Å². The van der Waals surface area contributed by atoms with Crippen LogP contribution < -0.4 is 0 Å². The van der Waals surface area contributed by atoms with Crippen molar-refractivity contribution in [1.29, 1.82) is 0 Å². The average Bonchev–Trinajstić information content (AvgIpc) is 1.98. The quantitative estimate of drug-likeness (QED) is 0.684. The van der Waals surface area contributed by atoms with Gasteiger partial charge < -0.3 is 10.0 Å². The Labute approximate surface area is 81.9 Å². The molecular weight excluding hydrogens is 162 g/mol. The zero-order valence-corrected chi connectivity index (χ0v) is 9.05. The van der Waals surface area contributed by atoms with Gasteiger partial charge in [0.1, 0.15) is 0 Å². The van der Waals surface area contributed by atoms with Crippen molar-refractivity contribution in [3.05, 3.63) is 0 Å². The lowest BCUT2D eigenvalue weighted by atomic mass is 9.91. The molecule has 1 heterocycles. The molecular formula is C11H23NO. The standard InChI is InChI=1S/C11H23NO/c1-3-6-11(13,7-4-2)10-12-8-5-9-12/h13H,3-10H2,1-2H3. The maximum atomic E-state index is 10.3. The molecule has 1 saturated heterocycles. The number of hydrogen-bond acceptors (Lipinski definition) is 2. The summed E-state index contributed by atoms with van der Waals surface area (Å²) < 4.78 is 0. The molecule has 0 radical (unpaired) electrons. The third-order valence-corrected chi connectivity index (χ3v) is 2.90. The smallest absolute Gasteiger partial charge is 0.0773 e. The van der Waals surface area contributed by atoms with E-state index in [4.69, 9.17) is 0 Å². The van der Waals surface area contributed by atoms with Crippen LogP contribution >= 0.6 is 0 Å². The van der Waals surface area contributed by atoms with Gasteiger partial charge in [-0.1, -0.05) is 26.7 Å². The fourth-order valence-electron chi connectivity index (χ4n) is 2.17.